The van der Waals surface area contributed by atoms with Gasteiger partial charge in [0.2, 0.25) is 0 Å². The van der Waals surface area contributed by atoms with E-state index in [1.807, 2.05) is 42.5 Å². The van der Waals surface area contributed by atoms with Gasteiger partial charge in [0.1, 0.15) is 12.6 Å². The monoisotopic (exact) mass is 315 g/mol. The van der Waals surface area contributed by atoms with Gasteiger partial charge in [-0.05, 0) is 25.3 Å². The average molecular weight is 315 g/mol. The minimum absolute atomic E-state index is 0.0170. The van der Waals surface area contributed by atoms with Crippen molar-refractivity contribution in [3.05, 3.63) is 48.0 Å². The van der Waals surface area contributed by atoms with E-state index in [1.165, 1.54) is 0 Å². The summed E-state index contributed by atoms with van der Waals surface area (Å²) in [6.07, 6.45) is 5.32. The lowest BCUT2D eigenvalue weighted by Gasteiger charge is -2.45. The van der Waals surface area contributed by atoms with Crippen molar-refractivity contribution in [2.45, 2.75) is 38.5 Å². The predicted octanol–water partition coefficient (Wildman–Crippen LogP) is 2.91. The van der Waals surface area contributed by atoms with Gasteiger partial charge in [-0.15, -0.1) is 0 Å². The van der Waals surface area contributed by atoms with E-state index in [9.17, 15) is 9.59 Å². The minimum atomic E-state index is -0.568. The van der Waals surface area contributed by atoms with Crippen molar-refractivity contribution in [1.29, 1.82) is 0 Å². The third-order valence-electron chi connectivity index (χ3n) is 4.38. The molecular formula is C18H21NO4. The van der Waals surface area contributed by atoms with Crippen LogP contribution in [0.2, 0.25) is 0 Å². The highest BCUT2D eigenvalue weighted by Gasteiger charge is 2.46. The second-order valence-electron chi connectivity index (χ2n) is 5.84. The highest BCUT2D eigenvalue weighted by molar-refractivity contribution is 5.83. The van der Waals surface area contributed by atoms with Crippen LogP contribution in [0.15, 0.2) is 42.5 Å². The fourth-order valence-corrected chi connectivity index (χ4v) is 3.29. The number of rotatable bonds is 4. The molecule has 0 N–H and O–H groups in total. The Morgan fingerprint density at radius 1 is 1.13 bits per heavy atom. The van der Waals surface area contributed by atoms with Gasteiger partial charge in [0.25, 0.3) is 0 Å². The molecule has 1 amide bonds. The molecule has 5 nitrogen and oxygen atoms in total. The molecule has 122 valence electrons. The molecule has 1 aromatic rings. The van der Waals surface area contributed by atoms with Crippen LogP contribution in [0.1, 0.15) is 25.3 Å². The second kappa shape index (κ2) is 6.86. The van der Waals surface area contributed by atoms with Gasteiger partial charge in [-0.2, -0.15) is 0 Å². The quantitative estimate of drug-likeness (QED) is 0.633. The summed E-state index contributed by atoms with van der Waals surface area (Å²) in [6, 6.07) is 8.86. The van der Waals surface area contributed by atoms with Crippen molar-refractivity contribution >= 4 is 12.1 Å². The van der Waals surface area contributed by atoms with Crippen LogP contribution in [0.4, 0.5) is 4.79 Å². The molecule has 2 bridgehead atoms. The molecule has 1 fully saturated rings. The largest absolute Gasteiger partial charge is 0.464 e. The molecule has 1 aromatic carbocycles. The van der Waals surface area contributed by atoms with Crippen molar-refractivity contribution in [3.8, 4) is 0 Å². The lowest BCUT2D eigenvalue weighted by molar-refractivity contribution is -0.153. The van der Waals surface area contributed by atoms with Crippen LogP contribution in [-0.2, 0) is 20.9 Å². The SMILES string of the molecule is CCOC(=O)C1C2C=CC(CC2)N1C(=O)OCc1ccccc1. The first-order valence-corrected chi connectivity index (χ1v) is 8.04. The zero-order valence-corrected chi connectivity index (χ0v) is 13.2. The van der Waals surface area contributed by atoms with Crippen molar-refractivity contribution in [2.75, 3.05) is 6.61 Å². The molecule has 1 saturated heterocycles. The molecule has 5 heteroatoms. The molecule has 1 aliphatic carbocycles. The molecule has 3 atom stereocenters. The van der Waals surface area contributed by atoms with Crippen LogP contribution in [0, 0.1) is 5.92 Å². The van der Waals surface area contributed by atoms with Gasteiger partial charge >= 0.3 is 12.1 Å². The van der Waals surface area contributed by atoms with Gasteiger partial charge in [-0.3, -0.25) is 4.90 Å². The first kappa shape index (κ1) is 15.6. The molecule has 2 heterocycles. The zero-order chi connectivity index (χ0) is 16.2. The first-order valence-electron chi connectivity index (χ1n) is 8.04. The van der Waals surface area contributed by atoms with E-state index in [-0.39, 0.29) is 24.5 Å². The number of nitrogens with zero attached hydrogens (tertiary/aromatic N) is 1. The third kappa shape index (κ3) is 3.23. The predicted molar refractivity (Wildman–Crippen MR) is 84.5 cm³/mol. The number of carbonyl (C=O) groups is 2. The zero-order valence-electron chi connectivity index (χ0n) is 13.2. The number of esters is 1. The molecule has 0 aromatic heterocycles. The number of benzene rings is 1. The van der Waals surface area contributed by atoms with Gasteiger partial charge < -0.3 is 9.47 Å². The Morgan fingerprint density at radius 2 is 1.91 bits per heavy atom. The number of carbonyl (C=O) groups excluding carboxylic acids is 2. The molecule has 4 rings (SSSR count). The van der Waals surface area contributed by atoms with E-state index < -0.39 is 12.1 Å². The van der Waals surface area contributed by atoms with E-state index >= 15 is 0 Å². The Kier molecular flexibility index (Phi) is 4.65. The summed E-state index contributed by atoms with van der Waals surface area (Å²) < 4.78 is 10.6. The van der Waals surface area contributed by atoms with E-state index in [0.717, 1.165) is 18.4 Å². The van der Waals surface area contributed by atoms with Crippen LogP contribution in [0.3, 0.4) is 0 Å². The molecule has 23 heavy (non-hydrogen) atoms. The molecule has 2 aliphatic heterocycles. The normalized spacial score (nSPS) is 25.3. The molecular weight excluding hydrogens is 294 g/mol. The topological polar surface area (TPSA) is 55.8 Å². The van der Waals surface area contributed by atoms with Gasteiger partial charge in [0, 0.05) is 5.92 Å². The van der Waals surface area contributed by atoms with Crippen molar-refractivity contribution in [1.82, 2.24) is 4.90 Å². The minimum Gasteiger partial charge on any atom is -0.464 e. The fourth-order valence-electron chi connectivity index (χ4n) is 3.29. The molecule has 3 aliphatic rings. The van der Waals surface area contributed by atoms with Crippen LogP contribution in [-0.4, -0.2) is 35.7 Å². The second-order valence-corrected chi connectivity index (χ2v) is 5.84. The molecule has 0 spiro atoms. The third-order valence-corrected chi connectivity index (χ3v) is 4.38. The smallest absolute Gasteiger partial charge is 0.411 e. The summed E-state index contributed by atoms with van der Waals surface area (Å²) in [5.74, 6) is -0.327. The van der Waals surface area contributed by atoms with Crippen molar-refractivity contribution in [2.24, 2.45) is 5.92 Å². The number of hydrogen-bond acceptors (Lipinski definition) is 4. The molecule has 0 saturated carbocycles. The Balaban J connectivity index is 1.71. The fraction of sp³-hybridized carbons (Fsp3) is 0.444. The van der Waals surface area contributed by atoms with Gasteiger partial charge in [-0.1, -0.05) is 42.5 Å². The van der Waals surface area contributed by atoms with Gasteiger partial charge in [0.15, 0.2) is 0 Å². The number of ether oxygens (including phenoxy) is 2. The summed E-state index contributed by atoms with van der Waals surface area (Å²) >= 11 is 0. The summed E-state index contributed by atoms with van der Waals surface area (Å²) in [5.41, 5.74) is 0.922. The number of piperidine rings is 1. The molecule has 3 unspecified atom stereocenters. The average Bonchev–Trinajstić information content (AvgIpc) is 2.61. The van der Waals surface area contributed by atoms with E-state index in [4.69, 9.17) is 9.47 Å². The summed E-state index contributed by atoms with van der Waals surface area (Å²) in [7, 11) is 0. The summed E-state index contributed by atoms with van der Waals surface area (Å²) in [5, 5.41) is 0. The van der Waals surface area contributed by atoms with Gasteiger partial charge in [0.05, 0.1) is 12.6 Å². The maximum absolute atomic E-state index is 12.5. The maximum Gasteiger partial charge on any atom is 0.411 e. The summed E-state index contributed by atoms with van der Waals surface area (Å²) in [4.78, 5) is 26.4. The Labute approximate surface area is 135 Å². The summed E-state index contributed by atoms with van der Waals surface area (Å²) in [6.45, 7) is 2.28. The standard InChI is InChI=1S/C18H21NO4/c1-2-22-17(20)16-14-8-10-15(11-9-14)19(16)18(21)23-12-13-6-4-3-5-7-13/h3-8,10,14-16H,2,9,11-12H2,1H3. The highest BCUT2D eigenvalue weighted by atomic mass is 16.6. The lowest BCUT2D eigenvalue weighted by atomic mass is 9.80. The van der Waals surface area contributed by atoms with E-state index in [1.54, 1.807) is 11.8 Å². The van der Waals surface area contributed by atoms with Crippen LogP contribution in [0.5, 0.6) is 0 Å². The Morgan fingerprint density at radius 3 is 2.57 bits per heavy atom. The molecule has 0 radical (unpaired) electrons. The Bertz CT molecular complexity index is 598. The van der Waals surface area contributed by atoms with Crippen molar-refractivity contribution < 1.29 is 19.1 Å². The van der Waals surface area contributed by atoms with Gasteiger partial charge in [-0.25, -0.2) is 9.59 Å². The highest BCUT2D eigenvalue weighted by Crippen LogP contribution is 2.36. The van der Waals surface area contributed by atoms with Crippen LogP contribution >= 0.6 is 0 Å². The van der Waals surface area contributed by atoms with Crippen LogP contribution < -0.4 is 0 Å². The van der Waals surface area contributed by atoms with Crippen molar-refractivity contribution in [3.63, 3.8) is 0 Å². The van der Waals surface area contributed by atoms with Crippen LogP contribution in [0.25, 0.3) is 0 Å². The lowest BCUT2D eigenvalue weighted by Crippen LogP contribution is -2.59. The van der Waals surface area contributed by atoms with E-state index in [2.05, 4.69) is 0 Å². The maximum atomic E-state index is 12.5. The first-order chi connectivity index (χ1) is 11.2. The Hall–Kier alpha value is -2.30. The number of fused-ring (bicyclic) bond motifs is 2. The number of hydrogen-bond donors (Lipinski definition) is 0. The van der Waals surface area contributed by atoms with E-state index in [0.29, 0.717) is 6.61 Å². The number of amides is 1.